The largest absolute Gasteiger partial charge is 0.508 e. The topological polar surface area (TPSA) is 40.5 Å². The number of hydrogen-bond donors (Lipinski definition) is 2. The van der Waals surface area contributed by atoms with Gasteiger partial charge in [0.25, 0.3) is 0 Å². The molecule has 300 valence electrons. The Bertz CT molecular complexity index is 1650. The summed E-state index contributed by atoms with van der Waals surface area (Å²) in [5, 5.41) is 22.2. The normalized spacial score (nSPS) is 33.4. The Morgan fingerprint density at radius 2 is 1.28 bits per heavy atom. The summed E-state index contributed by atoms with van der Waals surface area (Å²) in [6.45, 7) is 41.4. The van der Waals surface area contributed by atoms with E-state index in [9.17, 15) is 10.2 Å². The van der Waals surface area contributed by atoms with Crippen molar-refractivity contribution in [1.29, 1.82) is 0 Å². The van der Waals surface area contributed by atoms with Crippen molar-refractivity contribution in [1.82, 2.24) is 0 Å². The van der Waals surface area contributed by atoms with Gasteiger partial charge in [0.05, 0.1) is 0 Å². The van der Waals surface area contributed by atoms with Crippen molar-refractivity contribution < 1.29 is 10.2 Å². The Morgan fingerprint density at radius 3 is 1.83 bits per heavy atom. The molecule has 4 aliphatic carbocycles. The van der Waals surface area contributed by atoms with Crippen molar-refractivity contribution in [3.63, 3.8) is 0 Å². The predicted octanol–water partition coefficient (Wildman–Crippen LogP) is 15.7. The minimum atomic E-state index is 0.274. The number of fused-ring (bicyclic) bond motifs is 1. The van der Waals surface area contributed by atoms with Gasteiger partial charge in [-0.15, -0.1) is 0 Å². The van der Waals surface area contributed by atoms with Crippen molar-refractivity contribution in [2.75, 3.05) is 0 Å². The van der Waals surface area contributed by atoms with Gasteiger partial charge in [-0.25, -0.2) is 0 Å². The van der Waals surface area contributed by atoms with Gasteiger partial charge in [-0.05, 0) is 193 Å². The molecule has 0 bridgehead atoms. The van der Waals surface area contributed by atoms with Crippen LogP contribution in [0.15, 0.2) is 104 Å². The third-order valence-corrected chi connectivity index (χ3v) is 16.0. The number of hydrogen-bond acceptors (Lipinski definition) is 2. The van der Waals surface area contributed by atoms with Crippen LogP contribution in [0.4, 0.5) is 0 Å². The van der Waals surface area contributed by atoms with E-state index in [1.54, 1.807) is 27.9 Å². The second-order valence-electron chi connectivity index (χ2n) is 19.0. The molecule has 0 aromatic rings. The van der Waals surface area contributed by atoms with Gasteiger partial charge in [0.2, 0.25) is 0 Å². The van der Waals surface area contributed by atoms with E-state index in [-0.39, 0.29) is 5.92 Å². The van der Waals surface area contributed by atoms with Crippen LogP contribution in [0.5, 0.6) is 0 Å². The first-order valence-corrected chi connectivity index (χ1v) is 21.9. The molecular weight excluding hydrogens is 657 g/mol. The summed E-state index contributed by atoms with van der Waals surface area (Å²) in [6.07, 6.45) is 17.1. The third-order valence-electron chi connectivity index (χ3n) is 16.0. The average molecular weight is 737 g/mol. The van der Waals surface area contributed by atoms with Crippen LogP contribution in [0.1, 0.15) is 155 Å². The van der Waals surface area contributed by atoms with E-state index in [0.717, 1.165) is 60.3 Å². The summed E-state index contributed by atoms with van der Waals surface area (Å²) in [6, 6.07) is 0. The molecule has 1 fully saturated rings. The molecule has 0 amide bonds. The van der Waals surface area contributed by atoms with E-state index in [4.69, 9.17) is 13.2 Å². The molecule has 2 N–H and O–H groups in total. The number of allylic oxidation sites excluding steroid dienone is 14. The van der Waals surface area contributed by atoms with Gasteiger partial charge < -0.3 is 10.2 Å². The molecule has 0 heterocycles. The van der Waals surface area contributed by atoms with Crippen LogP contribution in [0, 0.1) is 65.1 Å². The van der Waals surface area contributed by atoms with Gasteiger partial charge in [0.15, 0.2) is 0 Å². The lowest BCUT2D eigenvalue weighted by molar-refractivity contribution is 0.138. The first kappa shape index (κ1) is 44.0. The standard InChI is InChI=1S/C52H80O2/c1-17-29(3)51(53)35(9)23-33(7)49(47-25-31(5)37(11)39(13)41(47)15)44-21-19-43-20-22-45(28-46(43)27-44)50(34(8)24-36(10)52(54)30(4)18-2)48-26-32(6)38(12)40(14)42(48)16/h21,23-24,31-32,38,40-41,43,45-47,49-50,53-54H,7-8,17-20,22,25-28H2,1-6,9-16H3/b35-23-,36-24-,51-29+,52-30+. The minimum Gasteiger partial charge on any atom is -0.508 e. The second kappa shape index (κ2) is 18.5. The maximum Gasteiger partial charge on any atom is 0.117 e. The average Bonchev–Trinajstić information content (AvgIpc) is 3.15. The minimum absolute atomic E-state index is 0.274. The molecule has 2 heteroatoms. The molecule has 0 aliphatic heterocycles. The highest BCUT2D eigenvalue weighted by molar-refractivity contribution is 5.41. The van der Waals surface area contributed by atoms with Crippen LogP contribution in [-0.4, -0.2) is 10.2 Å². The number of aliphatic hydroxyl groups excluding tert-OH is 2. The molecule has 0 saturated heterocycles. The number of rotatable bonds is 12. The smallest absolute Gasteiger partial charge is 0.117 e. The summed E-state index contributed by atoms with van der Waals surface area (Å²) in [5.74, 6) is 6.81. The zero-order chi connectivity index (χ0) is 40.3. The monoisotopic (exact) mass is 737 g/mol. The quantitative estimate of drug-likeness (QED) is 0.119. The Labute approximate surface area is 333 Å². The van der Waals surface area contributed by atoms with E-state index >= 15 is 0 Å². The van der Waals surface area contributed by atoms with Gasteiger partial charge in [-0.2, -0.15) is 0 Å². The molecule has 2 nitrogen and oxygen atoms in total. The molecule has 11 unspecified atom stereocenters. The molecule has 1 saturated carbocycles. The van der Waals surface area contributed by atoms with Gasteiger partial charge >= 0.3 is 0 Å². The number of aliphatic hydroxyl groups is 2. The fraction of sp³-hybridized carbons (Fsp3) is 0.654. The SMILES string of the molecule is C=C(/C=C(C)\C(O)=C(\C)CC)C(C1=C(C)C(C)C(C)C(C)C1)C1CCC2CC=C(C(C(=C)/C=C(C)\C(O)=C(\C)CC)C3CC(C)C(C)=C(C)C3C)CC2C1. The zero-order valence-electron chi connectivity index (χ0n) is 37.3. The van der Waals surface area contributed by atoms with E-state index in [2.05, 4.69) is 101 Å². The van der Waals surface area contributed by atoms with Crippen molar-refractivity contribution in [3.8, 4) is 0 Å². The molecule has 0 spiro atoms. The van der Waals surface area contributed by atoms with E-state index < -0.39 is 0 Å². The maximum atomic E-state index is 11.1. The highest BCUT2D eigenvalue weighted by Crippen LogP contribution is 2.54. The molecular formula is C52H80O2. The van der Waals surface area contributed by atoms with Gasteiger partial charge in [-0.1, -0.05) is 108 Å². The molecule has 11 atom stereocenters. The van der Waals surface area contributed by atoms with Gasteiger partial charge in [-0.3, -0.25) is 0 Å². The maximum absolute atomic E-state index is 11.1. The Kier molecular flexibility index (Phi) is 15.0. The lowest BCUT2D eigenvalue weighted by Crippen LogP contribution is -2.37. The first-order chi connectivity index (χ1) is 25.3. The van der Waals surface area contributed by atoms with Crippen molar-refractivity contribution in [2.45, 2.75) is 155 Å². The molecule has 54 heavy (non-hydrogen) atoms. The van der Waals surface area contributed by atoms with Crippen LogP contribution in [0.25, 0.3) is 0 Å². The predicted molar refractivity (Wildman–Crippen MR) is 235 cm³/mol. The third kappa shape index (κ3) is 9.27. The van der Waals surface area contributed by atoms with E-state index in [1.165, 1.54) is 36.8 Å². The fourth-order valence-corrected chi connectivity index (χ4v) is 11.2. The first-order valence-electron chi connectivity index (χ1n) is 21.9. The van der Waals surface area contributed by atoms with E-state index in [0.29, 0.717) is 64.8 Å². The Balaban J connectivity index is 1.74. The molecule has 4 rings (SSSR count). The Morgan fingerprint density at radius 1 is 0.722 bits per heavy atom. The summed E-state index contributed by atoms with van der Waals surface area (Å²) < 4.78 is 0. The molecule has 0 radical (unpaired) electrons. The van der Waals surface area contributed by atoms with Crippen LogP contribution in [-0.2, 0) is 0 Å². The highest BCUT2D eigenvalue weighted by atomic mass is 16.3. The zero-order valence-corrected chi connectivity index (χ0v) is 37.3. The van der Waals surface area contributed by atoms with Crippen LogP contribution in [0.2, 0.25) is 0 Å². The molecule has 4 aliphatic rings. The van der Waals surface area contributed by atoms with Crippen LogP contribution in [0.3, 0.4) is 0 Å². The van der Waals surface area contributed by atoms with Crippen molar-refractivity contribution in [2.24, 2.45) is 65.1 Å². The highest BCUT2D eigenvalue weighted by Gasteiger charge is 2.43. The second-order valence-corrected chi connectivity index (χ2v) is 19.0. The summed E-state index contributed by atoms with van der Waals surface area (Å²) in [5.41, 5.74) is 14.2. The molecule has 0 aromatic carbocycles. The van der Waals surface area contributed by atoms with Gasteiger partial charge in [0.1, 0.15) is 11.5 Å². The van der Waals surface area contributed by atoms with Crippen molar-refractivity contribution in [3.05, 3.63) is 104 Å². The Hall–Kier alpha value is -2.74. The van der Waals surface area contributed by atoms with E-state index in [1.807, 2.05) is 13.8 Å². The lowest BCUT2D eigenvalue weighted by atomic mass is 9.58. The van der Waals surface area contributed by atoms with Crippen molar-refractivity contribution >= 4 is 0 Å². The summed E-state index contributed by atoms with van der Waals surface area (Å²) in [7, 11) is 0. The van der Waals surface area contributed by atoms with Crippen LogP contribution < -0.4 is 0 Å². The fourth-order valence-electron chi connectivity index (χ4n) is 11.2. The van der Waals surface area contributed by atoms with Gasteiger partial charge in [0, 0.05) is 11.8 Å². The lowest BCUT2D eigenvalue weighted by Gasteiger charge is -2.47. The van der Waals surface area contributed by atoms with Crippen LogP contribution >= 0.6 is 0 Å². The molecule has 0 aromatic heterocycles. The summed E-state index contributed by atoms with van der Waals surface area (Å²) in [4.78, 5) is 0. The summed E-state index contributed by atoms with van der Waals surface area (Å²) >= 11 is 0.